The van der Waals surface area contributed by atoms with Gasteiger partial charge in [-0.1, -0.05) is 36.4 Å². The van der Waals surface area contributed by atoms with Crippen LogP contribution in [0.15, 0.2) is 42.5 Å². The lowest BCUT2D eigenvalue weighted by Crippen LogP contribution is -2.26. The van der Waals surface area contributed by atoms with E-state index in [9.17, 15) is 4.79 Å². The van der Waals surface area contributed by atoms with E-state index in [1.165, 1.54) is 0 Å². The number of hydrogen-bond acceptors (Lipinski definition) is 3. The zero-order valence-corrected chi connectivity index (χ0v) is 9.93. The maximum atomic E-state index is 10.3. The lowest BCUT2D eigenvalue weighted by Gasteiger charge is -2.09. The number of hydrogen-bond donors (Lipinski definition) is 2. The fourth-order valence-corrected chi connectivity index (χ4v) is 1.75. The molecule has 4 heteroatoms. The molecule has 2 N–H and O–H groups in total. The van der Waals surface area contributed by atoms with Crippen LogP contribution < -0.4 is 10.1 Å². The van der Waals surface area contributed by atoms with Crippen molar-refractivity contribution in [1.82, 2.24) is 5.32 Å². The quantitative estimate of drug-likeness (QED) is 0.763. The standard InChI is InChI=1S/C14H15NO3/c16-14(17)10-15-8-9-18-13-7-3-5-11-4-1-2-6-12(11)13/h1-7,15H,8-10H2,(H,16,17). The van der Waals surface area contributed by atoms with E-state index in [1.807, 2.05) is 42.5 Å². The molecular formula is C14H15NO3. The van der Waals surface area contributed by atoms with Crippen molar-refractivity contribution in [2.75, 3.05) is 19.7 Å². The van der Waals surface area contributed by atoms with Crippen molar-refractivity contribution >= 4 is 16.7 Å². The Balaban J connectivity index is 1.93. The summed E-state index contributed by atoms with van der Waals surface area (Å²) in [7, 11) is 0. The Kier molecular flexibility index (Phi) is 4.15. The Labute approximate surface area is 105 Å². The monoisotopic (exact) mass is 245 g/mol. The Hall–Kier alpha value is -2.07. The number of carboxylic acids is 1. The van der Waals surface area contributed by atoms with Gasteiger partial charge < -0.3 is 15.2 Å². The number of carboxylic acid groups (broad SMARTS) is 1. The molecule has 0 amide bonds. The van der Waals surface area contributed by atoms with Gasteiger partial charge in [0.2, 0.25) is 0 Å². The SMILES string of the molecule is O=C(O)CNCCOc1cccc2ccccc12. The van der Waals surface area contributed by atoms with Crippen molar-refractivity contribution in [3.63, 3.8) is 0 Å². The predicted molar refractivity (Wildman–Crippen MR) is 69.9 cm³/mol. The second-order valence-corrected chi connectivity index (χ2v) is 3.90. The summed E-state index contributed by atoms with van der Waals surface area (Å²) in [5.74, 6) is -0.0367. The number of fused-ring (bicyclic) bond motifs is 1. The van der Waals surface area contributed by atoms with Gasteiger partial charge in [-0.05, 0) is 11.5 Å². The van der Waals surface area contributed by atoms with Crippen LogP contribution >= 0.6 is 0 Å². The van der Waals surface area contributed by atoms with Gasteiger partial charge in [-0.3, -0.25) is 4.79 Å². The molecule has 0 atom stereocenters. The van der Waals surface area contributed by atoms with Gasteiger partial charge >= 0.3 is 5.97 Å². The van der Waals surface area contributed by atoms with Gasteiger partial charge in [0.25, 0.3) is 0 Å². The van der Waals surface area contributed by atoms with Crippen molar-refractivity contribution in [2.45, 2.75) is 0 Å². The second kappa shape index (κ2) is 6.02. The molecule has 94 valence electrons. The Morgan fingerprint density at radius 2 is 1.94 bits per heavy atom. The largest absolute Gasteiger partial charge is 0.492 e. The molecule has 0 radical (unpaired) electrons. The molecule has 0 fully saturated rings. The highest BCUT2D eigenvalue weighted by Crippen LogP contribution is 2.24. The van der Waals surface area contributed by atoms with Crippen LogP contribution in [-0.2, 0) is 4.79 Å². The third-order valence-electron chi connectivity index (χ3n) is 2.56. The van der Waals surface area contributed by atoms with Gasteiger partial charge in [-0.25, -0.2) is 0 Å². The molecule has 0 aliphatic heterocycles. The van der Waals surface area contributed by atoms with Crippen LogP contribution in [0.4, 0.5) is 0 Å². The molecule has 4 nitrogen and oxygen atoms in total. The zero-order valence-electron chi connectivity index (χ0n) is 9.93. The second-order valence-electron chi connectivity index (χ2n) is 3.90. The van der Waals surface area contributed by atoms with Crippen molar-refractivity contribution in [1.29, 1.82) is 0 Å². The predicted octanol–water partition coefficient (Wildman–Crippen LogP) is 1.89. The normalized spacial score (nSPS) is 10.4. The maximum Gasteiger partial charge on any atom is 0.317 e. The molecule has 0 aliphatic carbocycles. The van der Waals surface area contributed by atoms with Gasteiger partial charge in [0.1, 0.15) is 12.4 Å². The highest BCUT2D eigenvalue weighted by atomic mass is 16.5. The zero-order chi connectivity index (χ0) is 12.8. The minimum atomic E-state index is -0.861. The van der Waals surface area contributed by atoms with E-state index < -0.39 is 5.97 Å². The van der Waals surface area contributed by atoms with E-state index in [0.29, 0.717) is 13.2 Å². The molecule has 0 aliphatic rings. The minimum Gasteiger partial charge on any atom is -0.492 e. The summed E-state index contributed by atoms with van der Waals surface area (Å²) in [5, 5.41) is 13.4. The molecule has 0 saturated carbocycles. The fourth-order valence-electron chi connectivity index (χ4n) is 1.75. The Bertz CT molecular complexity index is 534. The summed E-state index contributed by atoms with van der Waals surface area (Å²) >= 11 is 0. The topological polar surface area (TPSA) is 58.6 Å². The summed E-state index contributed by atoms with van der Waals surface area (Å²) in [6, 6.07) is 13.9. The smallest absolute Gasteiger partial charge is 0.317 e. The molecule has 2 rings (SSSR count). The minimum absolute atomic E-state index is 0.0428. The van der Waals surface area contributed by atoms with E-state index >= 15 is 0 Å². The molecular weight excluding hydrogens is 230 g/mol. The van der Waals surface area contributed by atoms with E-state index in [4.69, 9.17) is 9.84 Å². The summed E-state index contributed by atoms with van der Waals surface area (Å²) < 4.78 is 5.65. The first-order valence-electron chi connectivity index (χ1n) is 5.80. The van der Waals surface area contributed by atoms with E-state index in [2.05, 4.69) is 5.32 Å². The number of ether oxygens (including phenoxy) is 1. The lowest BCUT2D eigenvalue weighted by molar-refractivity contribution is -0.135. The van der Waals surface area contributed by atoms with Crippen molar-refractivity contribution < 1.29 is 14.6 Å². The summed E-state index contributed by atoms with van der Waals surface area (Å²) in [5.41, 5.74) is 0. The Morgan fingerprint density at radius 3 is 2.78 bits per heavy atom. The van der Waals surface area contributed by atoms with Gasteiger partial charge in [0, 0.05) is 11.9 Å². The first-order chi connectivity index (χ1) is 8.77. The van der Waals surface area contributed by atoms with Crippen LogP contribution in [0.3, 0.4) is 0 Å². The van der Waals surface area contributed by atoms with E-state index in [1.54, 1.807) is 0 Å². The molecule has 2 aromatic rings. The summed E-state index contributed by atoms with van der Waals surface area (Å²) in [4.78, 5) is 10.3. The van der Waals surface area contributed by atoms with Crippen LogP contribution in [0, 0.1) is 0 Å². The van der Waals surface area contributed by atoms with Crippen LogP contribution in [0.2, 0.25) is 0 Å². The summed E-state index contributed by atoms with van der Waals surface area (Å²) in [6.45, 7) is 0.912. The van der Waals surface area contributed by atoms with E-state index in [-0.39, 0.29) is 6.54 Å². The Morgan fingerprint density at radius 1 is 1.17 bits per heavy atom. The first-order valence-corrected chi connectivity index (χ1v) is 5.80. The number of nitrogens with one attached hydrogen (secondary N) is 1. The average molecular weight is 245 g/mol. The maximum absolute atomic E-state index is 10.3. The number of benzene rings is 2. The molecule has 0 unspecified atom stereocenters. The van der Waals surface area contributed by atoms with Gasteiger partial charge in [0.15, 0.2) is 0 Å². The van der Waals surface area contributed by atoms with Gasteiger partial charge in [-0.2, -0.15) is 0 Å². The van der Waals surface area contributed by atoms with Crippen LogP contribution in [0.1, 0.15) is 0 Å². The summed E-state index contributed by atoms with van der Waals surface area (Å²) in [6.07, 6.45) is 0. The fraction of sp³-hybridized carbons (Fsp3) is 0.214. The first kappa shape index (κ1) is 12.4. The molecule has 18 heavy (non-hydrogen) atoms. The number of rotatable bonds is 6. The number of carbonyl (C=O) groups is 1. The highest BCUT2D eigenvalue weighted by molar-refractivity contribution is 5.88. The van der Waals surface area contributed by atoms with Crippen molar-refractivity contribution in [3.8, 4) is 5.75 Å². The molecule has 0 aromatic heterocycles. The van der Waals surface area contributed by atoms with E-state index in [0.717, 1.165) is 16.5 Å². The molecule has 0 heterocycles. The molecule has 0 saturated heterocycles. The van der Waals surface area contributed by atoms with Gasteiger partial charge in [-0.15, -0.1) is 0 Å². The molecule has 0 bridgehead atoms. The van der Waals surface area contributed by atoms with Crippen molar-refractivity contribution in [3.05, 3.63) is 42.5 Å². The third kappa shape index (κ3) is 3.21. The third-order valence-corrected chi connectivity index (χ3v) is 2.56. The van der Waals surface area contributed by atoms with Gasteiger partial charge in [0.05, 0.1) is 6.54 Å². The van der Waals surface area contributed by atoms with Crippen LogP contribution in [0.25, 0.3) is 10.8 Å². The van der Waals surface area contributed by atoms with Crippen LogP contribution in [-0.4, -0.2) is 30.8 Å². The molecule has 2 aromatic carbocycles. The van der Waals surface area contributed by atoms with Crippen LogP contribution in [0.5, 0.6) is 5.75 Å². The number of aliphatic carboxylic acids is 1. The molecule has 0 spiro atoms. The highest BCUT2D eigenvalue weighted by Gasteiger charge is 2.01. The van der Waals surface area contributed by atoms with Crippen molar-refractivity contribution in [2.24, 2.45) is 0 Å². The average Bonchev–Trinajstić information content (AvgIpc) is 2.38. The lowest BCUT2D eigenvalue weighted by atomic mass is 10.1.